The highest BCUT2D eigenvalue weighted by Gasteiger charge is 2.13. The first kappa shape index (κ1) is 12.9. The van der Waals surface area contributed by atoms with Crippen molar-refractivity contribution in [2.24, 2.45) is 0 Å². The maximum absolute atomic E-state index is 11.8. The third-order valence-electron chi connectivity index (χ3n) is 2.86. The number of aromatic nitrogens is 1. The van der Waals surface area contributed by atoms with E-state index in [4.69, 9.17) is 9.15 Å². The van der Waals surface area contributed by atoms with Gasteiger partial charge in [-0.1, -0.05) is 6.07 Å². The lowest BCUT2D eigenvalue weighted by molar-refractivity contribution is 0.0434. The number of esters is 1. The molecule has 1 aromatic carbocycles. The average Bonchev–Trinajstić information content (AvgIpc) is 3.01. The first-order chi connectivity index (χ1) is 9.61. The lowest BCUT2D eigenvalue weighted by Crippen LogP contribution is -2.03. The van der Waals surface area contributed by atoms with Crippen LogP contribution in [0.3, 0.4) is 0 Å². The summed E-state index contributed by atoms with van der Waals surface area (Å²) < 4.78 is 11.5. The number of nitrogens with zero attached hydrogens (tertiary/aromatic N) is 1. The normalized spacial score (nSPS) is 10.9. The number of thiazole rings is 1. The van der Waals surface area contributed by atoms with Crippen LogP contribution < -0.4 is 0 Å². The summed E-state index contributed by atoms with van der Waals surface area (Å²) >= 11 is 1.53. The Kier molecular flexibility index (Phi) is 3.28. The van der Waals surface area contributed by atoms with Crippen LogP contribution in [-0.2, 0) is 11.3 Å². The molecule has 0 aliphatic heterocycles. The Hall–Kier alpha value is -2.14. The smallest absolute Gasteiger partial charge is 0.374 e. The van der Waals surface area contributed by atoms with Crippen LogP contribution in [0.15, 0.2) is 34.7 Å². The van der Waals surface area contributed by atoms with E-state index >= 15 is 0 Å². The molecule has 2 aromatic heterocycles. The summed E-state index contributed by atoms with van der Waals surface area (Å²) in [6.07, 6.45) is 0. The number of carbonyl (C=O) groups excluding carboxylic acids is 1. The quantitative estimate of drug-likeness (QED) is 0.686. The predicted molar refractivity (Wildman–Crippen MR) is 76.9 cm³/mol. The molecule has 3 rings (SSSR count). The fraction of sp³-hybridized carbons (Fsp3) is 0.200. The molecular formula is C15H13NO3S. The van der Waals surface area contributed by atoms with Gasteiger partial charge in [0.2, 0.25) is 5.76 Å². The standard InChI is InChI=1S/C15H13NO3S/c1-9-3-6-13-11(7-9)16-14(20-13)8-18-15(17)12-5-4-10(2)19-12/h3-7H,8H2,1-2H3. The SMILES string of the molecule is Cc1ccc2sc(COC(=O)c3ccc(C)o3)nc2c1. The number of rotatable bonds is 3. The number of benzene rings is 1. The molecule has 4 nitrogen and oxygen atoms in total. The van der Waals surface area contributed by atoms with Crippen molar-refractivity contribution in [3.8, 4) is 0 Å². The molecule has 3 aromatic rings. The van der Waals surface area contributed by atoms with Crippen molar-refractivity contribution < 1.29 is 13.9 Å². The molecule has 0 atom stereocenters. The van der Waals surface area contributed by atoms with Gasteiger partial charge in [-0.2, -0.15) is 0 Å². The molecule has 0 N–H and O–H groups in total. The number of fused-ring (bicyclic) bond motifs is 1. The van der Waals surface area contributed by atoms with Gasteiger partial charge in [0.25, 0.3) is 0 Å². The Morgan fingerprint density at radius 2 is 2.15 bits per heavy atom. The second-order valence-electron chi connectivity index (χ2n) is 4.57. The van der Waals surface area contributed by atoms with Crippen molar-refractivity contribution in [3.63, 3.8) is 0 Å². The fourth-order valence-electron chi connectivity index (χ4n) is 1.89. The van der Waals surface area contributed by atoms with Crippen molar-refractivity contribution in [2.45, 2.75) is 20.5 Å². The van der Waals surface area contributed by atoms with Gasteiger partial charge in [0, 0.05) is 0 Å². The van der Waals surface area contributed by atoms with Crippen molar-refractivity contribution in [1.29, 1.82) is 0 Å². The van der Waals surface area contributed by atoms with E-state index in [2.05, 4.69) is 4.98 Å². The Morgan fingerprint density at radius 3 is 2.90 bits per heavy atom. The Balaban J connectivity index is 1.72. The largest absolute Gasteiger partial charge is 0.454 e. The summed E-state index contributed by atoms with van der Waals surface area (Å²) in [4.78, 5) is 16.2. The van der Waals surface area contributed by atoms with Gasteiger partial charge in [-0.25, -0.2) is 9.78 Å². The second-order valence-corrected chi connectivity index (χ2v) is 5.68. The first-order valence-electron chi connectivity index (χ1n) is 6.21. The second kappa shape index (κ2) is 5.09. The van der Waals surface area contributed by atoms with Gasteiger partial charge in [-0.15, -0.1) is 11.3 Å². The molecule has 0 saturated heterocycles. The molecule has 102 valence electrons. The molecule has 0 aliphatic rings. The van der Waals surface area contributed by atoms with Crippen LogP contribution in [0, 0.1) is 13.8 Å². The number of hydrogen-bond donors (Lipinski definition) is 0. The lowest BCUT2D eigenvalue weighted by Gasteiger charge is -1.99. The fourth-order valence-corrected chi connectivity index (χ4v) is 2.75. The van der Waals surface area contributed by atoms with Crippen molar-refractivity contribution in [3.05, 3.63) is 52.4 Å². The minimum atomic E-state index is -0.464. The maximum atomic E-state index is 11.8. The van der Waals surface area contributed by atoms with Crippen LogP contribution in [-0.4, -0.2) is 11.0 Å². The molecule has 0 fully saturated rings. The van der Waals surface area contributed by atoms with Crippen LogP contribution in [0.5, 0.6) is 0 Å². The van der Waals surface area contributed by atoms with E-state index < -0.39 is 5.97 Å². The Bertz CT molecular complexity index is 772. The number of carbonyl (C=O) groups is 1. The average molecular weight is 287 g/mol. The minimum Gasteiger partial charge on any atom is -0.454 e. The molecule has 5 heteroatoms. The molecule has 0 aliphatic carbocycles. The third-order valence-corrected chi connectivity index (χ3v) is 3.87. The molecule has 20 heavy (non-hydrogen) atoms. The van der Waals surface area contributed by atoms with Gasteiger partial charge < -0.3 is 9.15 Å². The number of furan rings is 1. The van der Waals surface area contributed by atoms with Crippen LogP contribution in [0.1, 0.15) is 26.9 Å². The molecule has 0 radical (unpaired) electrons. The molecule has 0 bridgehead atoms. The Morgan fingerprint density at radius 1 is 1.30 bits per heavy atom. The van der Waals surface area contributed by atoms with E-state index in [0.29, 0.717) is 5.76 Å². The molecular weight excluding hydrogens is 274 g/mol. The number of ether oxygens (including phenoxy) is 1. The summed E-state index contributed by atoms with van der Waals surface area (Å²) in [6.45, 7) is 3.97. The van der Waals surface area contributed by atoms with Gasteiger partial charge in [0.15, 0.2) is 0 Å². The molecule has 2 heterocycles. The van der Waals surface area contributed by atoms with Crippen molar-refractivity contribution in [2.75, 3.05) is 0 Å². The molecule has 0 amide bonds. The zero-order chi connectivity index (χ0) is 14.1. The van der Waals surface area contributed by atoms with E-state index in [-0.39, 0.29) is 12.4 Å². The molecule has 0 spiro atoms. The summed E-state index contributed by atoms with van der Waals surface area (Å²) in [7, 11) is 0. The number of aryl methyl sites for hydroxylation is 2. The summed E-state index contributed by atoms with van der Waals surface area (Å²) in [5, 5.41) is 0.780. The van der Waals surface area contributed by atoms with Crippen LogP contribution in [0.2, 0.25) is 0 Å². The molecule has 0 saturated carbocycles. The first-order valence-corrected chi connectivity index (χ1v) is 7.03. The maximum Gasteiger partial charge on any atom is 0.374 e. The number of hydrogen-bond acceptors (Lipinski definition) is 5. The summed E-state index contributed by atoms with van der Waals surface area (Å²) in [5.74, 6) is 0.445. The van der Waals surface area contributed by atoms with Crippen LogP contribution in [0.4, 0.5) is 0 Å². The predicted octanol–water partition coefficient (Wildman–Crippen LogP) is 3.86. The van der Waals surface area contributed by atoms with E-state index in [0.717, 1.165) is 20.8 Å². The molecule has 0 unspecified atom stereocenters. The van der Waals surface area contributed by atoms with Gasteiger partial charge >= 0.3 is 5.97 Å². The van der Waals surface area contributed by atoms with E-state index in [1.54, 1.807) is 19.1 Å². The lowest BCUT2D eigenvalue weighted by atomic mass is 10.2. The Labute approximate surface area is 120 Å². The summed E-state index contributed by atoms with van der Waals surface area (Å²) in [5.41, 5.74) is 2.10. The third kappa shape index (κ3) is 2.58. The van der Waals surface area contributed by atoms with Crippen molar-refractivity contribution >= 4 is 27.5 Å². The van der Waals surface area contributed by atoms with E-state index in [1.807, 2.05) is 25.1 Å². The highest BCUT2D eigenvalue weighted by atomic mass is 32.1. The zero-order valence-electron chi connectivity index (χ0n) is 11.2. The van der Waals surface area contributed by atoms with Gasteiger partial charge in [0.05, 0.1) is 10.2 Å². The monoisotopic (exact) mass is 287 g/mol. The van der Waals surface area contributed by atoms with E-state index in [9.17, 15) is 4.79 Å². The van der Waals surface area contributed by atoms with Crippen LogP contribution in [0.25, 0.3) is 10.2 Å². The summed E-state index contributed by atoms with van der Waals surface area (Å²) in [6, 6.07) is 9.44. The highest BCUT2D eigenvalue weighted by Crippen LogP contribution is 2.23. The van der Waals surface area contributed by atoms with Crippen LogP contribution >= 0.6 is 11.3 Å². The van der Waals surface area contributed by atoms with Gasteiger partial charge in [0.1, 0.15) is 17.4 Å². The topological polar surface area (TPSA) is 52.3 Å². The zero-order valence-corrected chi connectivity index (χ0v) is 12.0. The van der Waals surface area contributed by atoms with E-state index in [1.165, 1.54) is 11.3 Å². The van der Waals surface area contributed by atoms with Gasteiger partial charge in [-0.3, -0.25) is 0 Å². The van der Waals surface area contributed by atoms with Crippen molar-refractivity contribution in [1.82, 2.24) is 4.98 Å². The minimum absolute atomic E-state index is 0.164. The highest BCUT2D eigenvalue weighted by molar-refractivity contribution is 7.18. The van der Waals surface area contributed by atoms with Gasteiger partial charge in [-0.05, 0) is 43.7 Å².